The number of benzene rings is 3. The Morgan fingerprint density at radius 1 is 1.12 bits per heavy atom. The second-order valence-corrected chi connectivity index (χ2v) is 10.4. The molecular weight excluding hydrogens is 579 g/mol. The van der Waals surface area contributed by atoms with Crippen LogP contribution in [0, 0.1) is 0 Å². The number of ether oxygens (including phenoxy) is 1. The van der Waals surface area contributed by atoms with E-state index in [2.05, 4.69) is 21.4 Å². The number of thioether (sulfide) groups is 1. The van der Waals surface area contributed by atoms with Gasteiger partial charge < -0.3 is 4.74 Å². The Labute approximate surface area is 224 Å². The molecule has 4 rings (SSSR count). The third-order valence-corrected chi connectivity index (χ3v) is 7.20. The molecule has 1 aliphatic rings. The number of hydrogen-bond donors (Lipinski definition) is 1. The van der Waals surface area contributed by atoms with Crippen molar-refractivity contribution in [1.29, 1.82) is 0 Å². The quantitative estimate of drug-likeness (QED) is 0.249. The first-order valence-electron chi connectivity index (χ1n) is 9.82. The molecule has 0 aliphatic carbocycles. The van der Waals surface area contributed by atoms with Crippen LogP contribution in [0.5, 0.6) is 5.75 Å². The zero-order chi connectivity index (χ0) is 24.2. The van der Waals surface area contributed by atoms with Gasteiger partial charge in [0.2, 0.25) is 0 Å². The van der Waals surface area contributed by atoms with Crippen molar-refractivity contribution in [3.63, 3.8) is 0 Å². The number of rotatable bonds is 6. The predicted octanol–water partition coefficient (Wildman–Crippen LogP) is 6.88. The molecule has 1 aliphatic heterocycles. The summed E-state index contributed by atoms with van der Waals surface area (Å²) in [7, 11) is 0. The van der Waals surface area contributed by atoms with Gasteiger partial charge in [-0.3, -0.25) is 15.0 Å². The number of nitrogens with zero attached hydrogens (tertiary/aromatic N) is 1. The SMILES string of the molecule is O=C(NN1C(=O)/C(=C/c2ccc(OCc3ccc(Cl)cc3Cl)c(Br)c2)SC1=S)c1ccccc1. The van der Waals surface area contributed by atoms with Crippen molar-refractivity contribution in [1.82, 2.24) is 10.4 Å². The van der Waals surface area contributed by atoms with Crippen molar-refractivity contribution in [2.24, 2.45) is 0 Å². The Balaban J connectivity index is 1.44. The van der Waals surface area contributed by atoms with Gasteiger partial charge >= 0.3 is 0 Å². The molecule has 0 spiro atoms. The van der Waals surface area contributed by atoms with Crippen molar-refractivity contribution in [3.8, 4) is 5.75 Å². The van der Waals surface area contributed by atoms with Crippen LogP contribution < -0.4 is 10.2 Å². The van der Waals surface area contributed by atoms with Crippen LogP contribution in [-0.4, -0.2) is 21.1 Å². The molecular formula is C24H15BrCl2N2O3S2. The summed E-state index contributed by atoms with van der Waals surface area (Å²) in [5.74, 6) is -0.192. The molecule has 1 saturated heterocycles. The van der Waals surface area contributed by atoms with Gasteiger partial charge in [0.05, 0.1) is 9.38 Å². The molecule has 5 nitrogen and oxygen atoms in total. The van der Waals surface area contributed by atoms with Crippen molar-refractivity contribution in [3.05, 3.63) is 103 Å². The summed E-state index contributed by atoms with van der Waals surface area (Å²) in [5, 5.41) is 2.18. The van der Waals surface area contributed by atoms with Gasteiger partial charge in [0, 0.05) is 21.2 Å². The lowest BCUT2D eigenvalue weighted by molar-refractivity contribution is -0.123. The van der Waals surface area contributed by atoms with E-state index >= 15 is 0 Å². The van der Waals surface area contributed by atoms with Crippen LogP contribution in [-0.2, 0) is 11.4 Å². The molecule has 0 saturated carbocycles. The van der Waals surface area contributed by atoms with Crippen molar-refractivity contribution >= 4 is 85.3 Å². The molecule has 34 heavy (non-hydrogen) atoms. The highest BCUT2D eigenvalue weighted by Crippen LogP contribution is 2.34. The Hall–Kier alpha value is -2.36. The Bertz CT molecular complexity index is 1320. The molecule has 0 radical (unpaired) electrons. The number of hydrazine groups is 1. The molecule has 1 N–H and O–H groups in total. The first-order chi connectivity index (χ1) is 16.3. The van der Waals surface area contributed by atoms with E-state index in [0.29, 0.717) is 30.7 Å². The topological polar surface area (TPSA) is 58.6 Å². The Morgan fingerprint density at radius 2 is 1.88 bits per heavy atom. The zero-order valence-corrected chi connectivity index (χ0v) is 22.0. The minimum atomic E-state index is -0.414. The normalized spacial score (nSPS) is 14.6. The molecule has 1 heterocycles. The molecule has 10 heteroatoms. The number of nitrogens with one attached hydrogen (secondary N) is 1. The van der Waals surface area contributed by atoms with Crippen LogP contribution in [0.1, 0.15) is 21.5 Å². The number of carbonyl (C=O) groups is 2. The summed E-state index contributed by atoms with van der Waals surface area (Å²) >= 11 is 22.0. The summed E-state index contributed by atoms with van der Waals surface area (Å²) in [4.78, 5) is 25.6. The molecule has 0 aromatic heterocycles. The van der Waals surface area contributed by atoms with E-state index in [1.807, 2.05) is 18.2 Å². The number of hydrogen-bond acceptors (Lipinski definition) is 5. The lowest BCUT2D eigenvalue weighted by atomic mass is 10.2. The maximum atomic E-state index is 12.8. The van der Waals surface area contributed by atoms with E-state index in [4.69, 9.17) is 40.2 Å². The van der Waals surface area contributed by atoms with Gasteiger partial charge in [0.25, 0.3) is 11.8 Å². The molecule has 2 amide bonds. The minimum absolute atomic E-state index is 0.249. The Morgan fingerprint density at radius 3 is 2.59 bits per heavy atom. The fraction of sp³-hybridized carbons (Fsp3) is 0.0417. The average molecular weight is 594 g/mol. The summed E-state index contributed by atoms with van der Waals surface area (Å²) < 4.78 is 6.82. The summed E-state index contributed by atoms with van der Waals surface area (Å²) in [5.41, 5.74) is 4.57. The molecule has 0 atom stereocenters. The maximum Gasteiger partial charge on any atom is 0.285 e. The predicted molar refractivity (Wildman–Crippen MR) is 144 cm³/mol. The maximum absolute atomic E-state index is 12.8. The van der Waals surface area contributed by atoms with E-state index in [-0.39, 0.29) is 10.9 Å². The van der Waals surface area contributed by atoms with Crippen molar-refractivity contribution in [2.75, 3.05) is 0 Å². The summed E-state index contributed by atoms with van der Waals surface area (Å²) in [6, 6.07) is 19.3. The van der Waals surface area contributed by atoms with Gasteiger partial charge in [-0.05, 0) is 76.2 Å². The van der Waals surface area contributed by atoms with Gasteiger partial charge in [-0.15, -0.1) is 0 Å². The minimum Gasteiger partial charge on any atom is -0.488 e. The first kappa shape index (κ1) is 24.8. The van der Waals surface area contributed by atoms with Gasteiger partial charge in [-0.1, -0.05) is 65.3 Å². The fourth-order valence-electron chi connectivity index (χ4n) is 2.99. The van der Waals surface area contributed by atoms with E-state index in [0.717, 1.165) is 27.9 Å². The van der Waals surface area contributed by atoms with Gasteiger partial charge in [0.1, 0.15) is 12.4 Å². The summed E-state index contributed by atoms with van der Waals surface area (Å²) in [6.45, 7) is 0.272. The highest BCUT2D eigenvalue weighted by Gasteiger charge is 2.33. The lowest BCUT2D eigenvalue weighted by Crippen LogP contribution is -2.44. The average Bonchev–Trinajstić information content (AvgIpc) is 3.07. The molecule has 1 fully saturated rings. The van der Waals surface area contributed by atoms with Crippen LogP contribution >= 0.6 is 63.1 Å². The van der Waals surface area contributed by atoms with Crippen LogP contribution in [0.4, 0.5) is 0 Å². The van der Waals surface area contributed by atoms with Crippen LogP contribution in [0.2, 0.25) is 10.0 Å². The van der Waals surface area contributed by atoms with E-state index < -0.39 is 11.8 Å². The fourth-order valence-corrected chi connectivity index (χ4v) is 5.14. The van der Waals surface area contributed by atoms with Gasteiger partial charge in [0.15, 0.2) is 4.32 Å². The van der Waals surface area contributed by atoms with Gasteiger partial charge in [-0.25, -0.2) is 0 Å². The standard InChI is InChI=1S/C24H15BrCl2N2O3S2/c25-18-10-14(6-9-20(18)32-13-16-7-8-17(26)12-19(16)27)11-21-23(31)29(24(33)34-21)28-22(30)15-4-2-1-3-5-15/h1-12H,13H2,(H,28,30)/b21-11-. The van der Waals surface area contributed by atoms with Crippen molar-refractivity contribution in [2.45, 2.75) is 6.61 Å². The monoisotopic (exact) mass is 592 g/mol. The van der Waals surface area contributed by atoms with Crippen LogP contribution in [0.25, 0.3) is 6.08 Å². The summed E-state index contributed by atoms with van der Waals surface area (Å²) in [6.07, 6.45) is 1.71. The lowest BCUT2D eigenvalue weighted by Gasteiger charge is -2.15. The number of thiocarbonyl (C=S) groups is 1. The smallest absolute Gasteiger partial charge is 0.285 e. The van der Waals surface area contributed by atoms with Crippen molar-refractivity contribution < 1.29 is 14.3 Å². The molecule has 0 unspecified atom stereocenters. The second kappa shape index (κ2) is 10.9. The Kier molecular flexibility index (Phi) is 7.95. The molecule has 0 bridgehead atoms. The number of carbonyl (C=O) groups excluding carboxylic acids is 2. The third-order valence-electron chi connectivity index (χ3n) is 4.70. The second-order valence-electron chi connectivity index (χ2n) is 7.04. The third kappa shape index (κ3) is 5.82. The number of amides is 2. The zero-order valence-electron chi connectivity index (χ0n) is 17.3. The first-order valence-corrected chi connectivity index (χ1v) is 12.6. The van der Waals surface area contributed by atoms with Gasteiger partial charge in [-0.2, -0.15) is 5.01 Å². The largest absolute Gasteiger partial charge is 0.488 e. The molecule has 3 aromatic carbocycles. The molecule has 172 valence electrons. The van der Waals surface area contributed by atoms with E-state index in [9.17, 15) is 9.59 Å². The van der Waals surface area contributed by atoms with E-state index in [1.165, 1.54) is 0 Å². The highest BCUT2D eigenvalue weighted by molar-refractivity contribution is 9.10. The highest BCUT2D eigenvalue weighted by atomic mass is 79.9. The van der Waals surface area contributed by atoms with E-state index in [1.54, 1.807) is 54.6 Å². The molecule has 3 aromatic rings. The van der Waals surface area contributed by atoms with Crippen LogP contribution in [0.3, 0.4) is 0 Å². The number of halogens is 3. The van der Waals surface area contributed by atoms with Crippen LogP contribution in [0.15, 0.2) is 76.1 Å².